The van der Waals surface area contributed by atoms with Gasteiger partial charge in [-0.3, -0.25) is 0 Å². The maximum absolute atomic E-state index is 10.4. The molecule has 0 saturated carbocycles. The summed E-state index contributed by atoms with van der Waals surface area (Å²) in [5.74, 6) is 1.33. The summed E-state index contributed by atoms with van der Waals surface area (Å²) in [4.78, 5) is 12.7. The van der Waals surface area contributed by atoms with Crippen LogP contribution in [0.2, 0.25) is 0 Å². The van der Waals surface area contributed by atoms with Crippen molar-refractivity contribution in [1.29, 1.82) is 0 Å². The van der Waals surface area contributed by atoms with Crippen LogP contribution >= 0.6 is 0 Å². The third-order valence-corrected chi connectivity index (χ3v) is 4.08. The molecular weight excluding hydrogens is 282 g/mol. The molecule has 0 aliphatic carbocycles. The Labute approximate surface area is 129 Å². The first-order chi connectivity index (χ1) is 10.4. The summed E-state index contributed by atoms with van der Waals surface area (Å²) in [6.07, 6.45) is 1.35. The lowest BCUT2D eigenvalue weighted by Gasteiger charge is -2.32. The average Bonchev–Trinajstić information content (AvgIpc) is 2.88. The number of pyridine rings is 2. The van der Waals surface area contributed by atoms with Crippen LogP contribution < -0.4 is 15.5 Å². The van der Waals surface area contributed by atoms with Crippen LogP contribution in [0.5, 0.6) is 0 Å². The second kappa shape index (κ2) is 5.26. The van der Waals surface area contributed by atoms with Crippen LogP contribution in [-0.2, 0) is 0 Å². The molecule has 0 spiro atoms. The van der Waals surface area contributed by atoms with Crippen molar-refractivity contribution >= 4 is 28.4 Å². The number of aromatic nitrogens is 2. The Morgan fingerprint density at radius 2 is 2.09 bits per heavy atom. The molecule has 22 heavy (non-hydrogen) atoms. The highest BCUT2D eigenvalue weighted by atomic mass is 16.4. The minimum absolute atomic E-state index is 0.313. The van der Waals surface area contributed by atoms with Gasteiger partial charge in [-0.05, 0) is 31.0 Å². The van der Waals surface area contributed by atoms with Gasteiger partial charge in [-0.25, -0.2) is 9.97 Å². The van der Waals surface area contributed by atoms with Gasteiger partial charge in [0.2, 0.25) is 0 Å². The van der Waals surface area contributed by atoms with Crippen molar-refractivity contribution < 1.29 is 10.2 Å². The van der Waals surface area contributed by atoms with Crippen molar-refractivity contribution in [3.63, 3.8) is 0 Å². The van der Waals surface area contributed by atoms with Crippen LogP contribution in [0.4, 0.5) is 17.3 Å². The highest BCUT2D eigenvalue weighted by Gasteiger charge is 2.39. The van der Waals surface area contributed by atoms with E-state index < -0.39 is 5.72 Å². The molecule has 4 N–H and O–H groups in total. The molecule has 7 nitrogen and oxygen atoms in total. The predicted octanol–water partition coefficient (Wildman–Crippen LogP) is 0.559. The first-order valence-electron chi connectivity index (χ1n) is 7.30. The van der Waals surface area contributed by atoms with Crippen LogP contribution in [0.15, 0.2) is 18.2 Å². The van der Waals surface area contributed by atoms with E-state index in [-0.39, 0.29) is 6.61 Å². The molecule has 2 aromatic heterocycles. The molecule has 1 atom stereocenters. The molecule has 0 radical (unpaired) electrons. The minimum Gasteiger partial charge on any atom is -0.396 e. The van der Waals surface area contributed by atoms with Crippen LogP contribution in [0, 0.1) is 0 Å². The summed E-state index contributed by atoms with van der Waals surface area (Å²) in [6.45, 7) is 0.348. The summed E-state index contributed by atoms with van der Waals surface area (Å²) in [6, 6.07) is 5.46. The lowest BCUT2D eigenvalue weighted by molar-refractivity contribution is -0.00541. The summed E-state index contributed by atoms with van der Waals surface area (Å²) >= 11 is 0. The fraction of sp³-hybridized carbons (Fsp3) is 0.467. The van der Waals surface area contributed by atoms with Crippen molar-refractivity contribution in [2.75, 3.05) is 42.8 Å². The van der Waals surface area contributed by atoms with Crippen molar-refractivity contribution in [2.24, 2.45) is 0 Å². The number of nitrogens with two attached hydrogens (primary N) is 1. The number of nitrogen functional groups attached to an aromatic ring is 1. The third-order valence-electron chi connectivity index (χ3n) is 4.08. The van der Waals surface area contributed by atoms with E-state index in [0.29, 0.717) is 35.8 Å². The maximum atomic E-state index is 10.4. The molecule has 1 aliphatic rings. The monoisotopic (exact) mass is 303 g/mol. The molecule has 0 aromatic carbocycles. The van der Waals surface area contributed by atoms with Crippen LogP contribution in [0.25, 0.3) is 11.0 Å². The standard InChI is InChI=1S/C15H21N5O2/c1-19(2)14-10(16)8-12-11(18-14)4-5-13(17-12)20-7-3-6-15(20,22)9-21/h4-5,8,21-22H,3,6-7,9,16H2,1-2H3. The zero-order valence-electron chi connectivity index (χ0n) is 12.8. The lowest BCUT2D eigenvalue weighted by atomic mass is 10.1. The smallest absolute Gasteiger partial charge is 0.162 e. The van der Waals surface area contributed by atoms with Gasteiger partial charge in [0, 0.05) is 20.6 Å². The number of fused-ring (bicyclic) bond motifs is 1. The average molecular weight is 303 g/mol. The van der Waals surface area contributed by atoms with Crippen molar-refractivity contribution in [3.05, 3.63) is 18.2 Å². The number of anilines is 3. The van der Waals surface area contributed by atoms with Crippen LogP contribution in [0.1, 0.15) is 12.8 Å². The zero-order valence-corrected chi connectivity index (χ0v) is 12.8. The fourth-order valence-corrected chi connectivity index (χ4v) is 2.91. The summed E-state index contributed by atoms with van der Waals surface area (Å²) in [5.41, 5.74) is 6.76. The molecule has 118 valence electrons. The second-order valence-electron chi connectivity index (χ2n) is 5.90. The fourth-order valence-electron chi connectivity index (χ4n) is 2.91. The van der Waals surface area contributed by atoms with Gasteiger partial charge in [0.15, 0.2) is 11.5 Å². The highest BCUT2D eigenvalue weighted by molar-refractivity contribution is 5.84. The van der Waals surface area contributed by atoms with Gasteiger partial charge in [-0.1, -0.05) is 0 Å². The van der Waals surface area contributed by atoms with Crippen molar-refractivity contribution in [2.45, 2.75) is 18.6 Å². The Balaban J connectivity index is 2.05. The zero-order chi connectivity index (χ0) is 15.9. The molecule has 7 heteroatoms. The second-order valence-corrected chi connectivity index (χ2v) is 5.90. The number of aliphatic hydroxyl groups excluding tert-OH is 1. The van der Waals surface area contributed by atoms with Crippen molar-refractivity contribution in [1.82, 2.24) is 9.97 Å². The molecular formula is C15H21N5O2. The molecule has 1 saturated heterocycles. The molecule has 0 bridgehead atoms. The van der Waals surface area contributed by atoms with Gasteiger partial charge < -0.3 is 25.7 Å². The molecule has 0 amide bonds. The normalized spacial score (nSPS) is 21.5. The predicted molar refractivity (Wildman–Crippen MR) is 86.9 cm³/mol. The molecule has 2 aromatic rings. The van der Waals surface area contributed by atoms with E-state index in [1.54, 1.807) is 11.0 Å². The van der Waals surface area contributed by atoms with Gasteiger partial charge in [0.25, 0.3) is 0 Å². The maximum Gasteiger partial charge on any atom is 0.162 e. The number of rotatable bonds is 3. The van der Waals surface area contributed by atoms with E-state index in [1.807, 2.05) is 31.1 Å². The lowest BCUT2D eigenvalue weighted by Crippen LogP contribution is -2.47. The van der Waals surface area contributed by atoms with Gasteiger partial charge in [-0.2, -0.15) is 0 Å². The summed E-state index contributed by atoms with van der Waals surface area (Å²) < 4.78 is 0. The SMILES string of the molecule is CN(C)c1nc2ccc(N3CCCC3(O)CO)nc2cc1N. The number of aliphatic hydroxyl groups is 2. The van der Waals surface area contributed by atoms with Crippen LogP contribution in [0.3, 0.4) is 0 Å². The Morgan fingerprint density at radius 3 is 2.77 bits per heavy atom. The first-order valence-corrected chi connectivity index (χ1v) is 7.30. The number of nitrogens with zero attached hydrogens (tertiary/aromatic N) is 4. The van der Waals surface area contributed by atoms with Gasteiger partial charge in [0.05, 0.1) is 23.3 Å². The number of hydrogen-bond donors (Lipinski definition) is 3. The van der Waals surface area contributed by atoms with Gasteiger partial charge in [-0.15, -0.1) is 0 Å². The molecule has 3 heterocycles. The Bertz CT molecular complexity index is 706. The van der Waals surface area contributed by atoms with E-state index >= 15 is 0 Å². The molecule has 1 unspecified atom stereocenters. The topological polar surface area (TPSA) is 98.7 Å². The van der Waals surface area contributed by atoms with Crippen molar-refractivity contribution in [3.8, 4) is 0 Å². The van der Waals surface area contributed by atoms with E-state index in [0.717, 1.165) is 11.9 Å². The quantitative estimate of drug-likeness (QED) is 0.762. The molecule has 1 aliphatic heterocycles. The van der Waals surface area contributed by atoms with Gasteiger partial charge in [0.1, 0.15) is 5.82 Å². The Morgan fingerprint density at radius 1 is 1.32 bits per heavy atom. The third kappa shape index (κ3) is 2.32. The Hall–Kier alpha value is -2.12. The summed E-state index contributed by atoms with van der Waals surface area (Å²) in [7, 11) is 3.77. The first kappa shape index (κ1) is 14.8. The van der Waals surface area contributed by atoms with E-state index in [2.05, 4.69) is 9.97 Å². The summed E-state index contributed by atoms with van der Waals surface area (Å²) in [5, 5.41) is 19.9. The van der Waals surface area contributed by atoms with Gasteiger partial charge >= 0.3 is 0 Å². The van der Waals surface area contributed by atoms with Crippen LogP contribution in [-0.4, -0.2) is 53.2 Å². The minimum atomic E-state index is -1.23. The van der Waals surface area contributed by atoms with E-state index in [1.165, 1.54) is 0 Å². The largest absolute Gasteiger partial charge is 0.396 e. The number of hydrogen-bond acceptors (Lipinski definition) is 7. The molecule has 3 rings (SSSR count). The highest BCUT2D eigenvalue weighted by Crippen LogP contribution is 2.32. The van der Waals surface area contributed by atoms with E-state index in [4.69, 9.17) is 5.73 Å². The Kier molecular flexibility index (Phi) is 3.54. The molecule has 1 fully saturated rings. The van der Waals surface area contributed by atoms with E-state index in [9.17, 15) is 10.2 Å².